The Morgan fingerprint density at radius 1 is 0.543 bits per heavy atom. The molecule has 12 heteroatoms. The van der Waals surface area contributed by atoms with Gasteiger partial charge in [0.1, 0.15) is 0 Å². The van der Waals surface area contributed by atoms with Crippen LogP contribution in [-0.2, 0) is 47.6 Å². The average molecular weight is 639 g/mol. The lowest BCUT2D eigenvalue weighted by Crippen LogP contribution is -2.59. The number of esters is 4. The Bertz CT molecular complexity index is 1260. The van der Waals surface area contributed by atoms with Crippen LogP contribution in [0.5, 0.6) is 0 Å². The van der Waals surface area contributed by atoms with Crippen molar-refractivity contribution in [3.63, 3.8) is 0 Å². The molecule has 2 atom stereocenters. The molecule has 3 aliphatic rings. The van der Waals surface area contributed by atoms with E-state index in [0.717, 1.165) is 37.6 Å². The van der Waals surface area contributed by atoms with Crippen LogP contribution in [0.1, 0.15) is 35.8 Å². The van der Waals surface area contributed by atoms with Gasteiger partial charge in [-0.15, -0.1) is 0 Å². The fourth-order valence-electron chi connectivity index (χ4n) is 7.36. The van der Waals surface area contributed by atoms with Gasteiger partial charge in [0.2, 0.25) is 0 Å². The molecule has 2 aromatic rings. The molecule has 2 aliphatic heterocycles. The predicted molar refractivity (Wildman–Crippen MR) is 167 cm³/mol. The molecule has 0 radical (unpaired) electrons. The van der Waals surface area contributed by atoms with Crippen LogP contribution in [0, 0.1) is 10.8 Å². The highest BCUT2D eigenvalue weighted by Gasteiger charge is 2.69. The van der Waals surface area contributed by atoms with Crippen molar-refractivity contribution in [2.45, 2.75) is 24.7 Å². The largest absolute Gasteiger partial charge is 0.468 e. The maximum atomic E-state index is 13.9. The van der Waals surface area contributed by atoms with Crippen LogP contribution in [-0.4, -0.2) is 105 Å². The lowest BCUT2D eigenvalue weighted by Gasteiger charge is -2.50. The smallest absolute Gasteiger partial charge is 0.323 e. The zero-order valence-corrected chi connectivity index (χ0v) is 26.8. The minimum Gasteiger partial charge on any atom is -0.468 e. The third kappa shape index (κ3) is 5.79. The number of anilines is 2. The number of hydrogen-bond acceptors (Lipinski definition) is 12. The van der Waals surface area contributed by atoms with E-state index in [9.17, 15) is 19.2 Å². The predicted octanol–water partition coefficient (Wildman–Crippen LogP) is 2.69. The number of carbonyl (C=O) groups excluding carboxylic acids is 4. The molecule has 0 N–H and O–H groups in total. The molecule has 1 aliphatic carbocycles. The molecule has 3 fully saturated rings. The van der Waals surface area contributed by atoms with Gasteiger partial charge in [0.15, 0.2) is 10.8 Å². The van der Waals surface area contributed by atoms with Crippen LogP contribution in [0.2, 0.25) is 0 Å². The molecule has 2 heterocycles. The number of methoxy groups -OCH3 is 4. The van der Waals surface area contributed by atoms with Crippen LogP contribution in [0.25, 0.3) is 0 Å². The van der Waals surface area contributed by atoms with Crippen LogP contribution in [0.15, 0.2) is 48.5 Å². The van der Waals surface area contributed by atoms with Crippen LogP contribution in [0.3, 0.4) is 0 Å². The van der Waals surface area contributed by atoms with Gasteiger partial charge in [-0.05, 0) is 48.2 Å². The molecule has 0 bridgehead atoms. The van der Waals surface area contributed by atoms with E-state index >= 15 is 0 Å². The molecule has 1 saturated carbocycles. The van der Waals surface area contributed by atoms with Gasteiger partial charge in [-0.2, -0.15) is 0 Å². The summed E-state index contributed by atoms with van der Waals surface area (Å²) in [6.07, 6.45) is -0.549. The van der Waals surface area contributed by atoms with Gasteiger partial charge in [-0.1, -0.05) is 24.3 Å². The van der Waals surface area contributed by atoms with Crippen LogP contribution < -0.4 is 9.80 Å². The number of benzene rings is 2. The maximum Gasteiger partial charge on any atom is 0.323 e. The minimum absolute atomic E-state index is 0.274. The Hall–Kier alpha value is -4.16. The number of nitrogens with zero attached hydrogens (tertiary/aromatic N) is 2. The lowest BCUT2D eigenvalue weighted by molar-refractivity contribution is -0.189. The molecule has 0 spiro atoms. The fourth-order valence-corrected chi connectivity index (χ4v) is 7.36. The molecule has 0 unspecified atom stereocenters. The molecule has 46 heavy (non-hydrogen) atoms. The number of hydrogen-bond donors (Lipinski definition) is 0. The molecular weight excluding hydrogens is 596 g/mol. The van der Waals surface area contributed by atoms with Gasteiger partial charge in [0.05, 0.1) is 54.9 Å². The quantitative estimate of drug-likeness (QED) is 0.239. The number of rotatable bonds is 8. The second-order valence-electron chi connectivity index (χ2n) is 11.8. The first-order valence-electron chi connectivity index (χ1n) is 15.5. The molecule has 0 aromatic heterocycles. The van der Waals surface area contributed by atoms with Crippen molar-refractivity contribution in [2.75, 3.05) is 90.8 Å². The monoisotopic (exact) mass is 638 g/mol. The van der Waals surface area contributed by atoms with Gasteiger partial charge < -0.3 is 38.2 Å². The molecule has 5 rings (SSSR count). The third-order valence-electron chi connectivity index (χ3n) is 9.78. The number of ether oxygens (including phenoxy) is 6. The summed E-state index contributed by atoms with van der Waals surface area (Å²) in [5.41, 5.74) is -0.797. The van der Waals surface area contributed by atoms with E-state index in [1.54, 1.807) is 0 Å². The summed E-state index contributed by atoms with van der Waals surface area (Å²) < 4.78 is 32.1. The molecule has 248 valence electrons. The topological polar surface area (TPSA) is 130 Å². The molecular formula is C34H42N2O10. The van der Waals surface area contributed by atoms with Gasteiger partial charge in [-0.3, -0.25) is 19.2 Å². The first-order valence-corrected chi connectivity index (χ1v) is 15.5. The second-order valence-corrected chi connectivity index (χ2v) is 11.8. The summed E-state index contributed by atoms with van der Waals surface area (Å²) in [4.78, 5) is 60.0. The minimum atomic E-state index is -1.90. The van der Waals surface area contributed by atoms with Gasteiger partial charge in [0.25, 0.3) is 0 Å². The molecule has 2 saturated heterocycles. The first-order chi connectivity index (χ1) is 22.3. The lowest BCUT2D eigenvalue weighted by atomic mass is 9.50. The maximum absolute atomic E-state index is 13.9. The standard InChI is InChI=1S/C34H42N2O10/c1-41-29(37)33(30(38)42-2)21-28(24-7-11-26(12-8-24)36-15-19-46-20-16-36)34(31(39)43-3,32(40)44-4)22-27(33)23-5-9-25(10-6-23)35-13-17-45-18-14-35/h5-12,27-28H,13-22H2,1-4H3/t27-,28-/m1/s1. The first kappa shape index (κ1) is 33.2. The summed E-state index contributed by atoms with van der Waals surface area (Å²) in [5.74, 6) is -5.29. The van der Waals surface area contributed by atoms with E-state index in [4.69, 9.17) is 28.4 Å². The number of carbonyl (C=O) groups is 4. The zero-order chi connectivity index (χ0) is 32.9. The van der Waals surface area contributed by atoms with E-state index in [0.29, 0.717) is 37.6 Å². The highest BCUT2D eigenvalue weighted by molar-refractivity contribution is 6.05. The zero-order valence-electron chi connectivity index (χ0n) is 26.8. The van der Waals surface area contributed by atoms with Gasteiger partial charge in [-0.25, -0.2) is 0 Å². The third-order valence-corrected chi connectivity index (χ3v) is 9.78. The van der Waals surface area contributed by atoms with Crippen molar-refractivity contribution < 1.29 is 47.6 Å². The van der Waals surface area contributed by atoms with Crippen molar-refractivity contribution in [1.82, 2.24) is 0 Å². The second kappa shape index (κ2) is 14.1. The Morgan fingerprint density at radius 2 is 0.826 bits per heavy atom. The summed E-state index contributed by atoms with van der Waals surface area (Å²) in [5, 5.41) is 0. The van der Waals surface area contributed by atoms with Crippen LogP contribution in [0.4, 0.5) is 11.4 Å². The highest BCUT2D eigenvalue weighted by atomic mass is 16.6. The average Bonchev–Trinajstić information content (AvgIpc) is 3.13. The van der Waals surface area contributed by atoms with E-state index in [2.05, 4.69) is 9.80 Å². The van der Waals surface area contributed by atoms with Crippen molar-refractivity contribution in [3.05, 3.63) is 59.7 Å². The molecule has 12 nitrogen and oxygen atoms in total. The number of morpholine rings is 2. The highest BCUT2D eigenvalue weighted by Crippen LogP contribution is 2.61. The van der Waals surface area contributed by atoms with Crippen molar-refractivity contribution >= 4 is 35.3 Å². The van der Waals surface area contributed by atoms with Crippen molar-refractivity contribution in [2.24, 2.45) is 10.8 Å². The van der Waals surface area contributed by atoms with Gasteiger partial charge in [0, 0.05) is 49.4 Å². The Morgan fingerprint density at radius 3 is 1.09 bits per heavy atom. The molecule has 0 amide bonds. The summed E-state index contributed by atoms with van der Waals surface area (Å²) >= 11 is 0. The Labute approximate surface area is 268 Å². The van der Waals surface area contributed by atoms with E-state index in [1.165, 1.54) is 28.4 Å². The van der Waals surface area contributed by atoms with Crippen molar-refractivity contribution in [3.8, 4) is 0 Å². The van der Waals surface area contributed by atoms with Gasteiger partial charge >= 0.3 is 23.9 Å². The van der Waals surface area contributed by atoms with E-state index in [-0.39, 0.29) is 12.8 Å². The Kier molecular flexibility index (Phi) is 10.2. The summed E-state index contributed by atoms with van der Waals surface area (Å²) in [6, 6.07) is 14.8. The normalized spacial score (nSPS) is 22.3. The molecule has 2 aromatic carbocycles. The Balaban J connectivity index is 1.66. The summed E-state index contributed by atoms with van der Waals surface area (Å²) in [7, 11) is 4.83. The summed E-state index contributed by atoms with van der Waals surface area (Å²) in [6.45, 7) is 5.30. The fraction of sp³-hybridized carbons (Fsp3) is 0.529. The van der Waals surface area contributed by atoms with E-state index < -0.39 is 46.5 Å². The van der Waals surface area contributed by atoms with Crippen molar-refractivity contribution in [1.29, 1.82) is 0 Å². The van der Waals surface area contributed by atoms with Crippen LogP contribution >= 0.6 is 0 Å². The van der Waals surface area contributed by atoms with E-state index in [1.807, 2.05) is 48.5 Å². The SMILES string of the molecule is COC(=O)C1(C(=O)OC)C[C@H](c2ccc(N3CCOCC3)cc2)C(C(=O)OC)(C(=O)OC)C[C@@H]1c1ccc(N2CCOCC2)cc1.